The van der Waals surface area contributed by atoms with Crippen LogP contribution in [0.15, 0.2) is 84.0 Å². The molecule has 2 N–H and O–H groups in total. The molecule has 1 aromatic heterocycles. The minimum atomic E-state index is -4.95. The quantitative estimate of drug-likeness (QED) is 0.168. The minimum absolute atomic E-state index is 0.00948. The van der Waals surface area contributed by atoms with E-state index in [1.165, 1.54) is 22.6 Å². The van der Waals surface area contributed by atoms with E-state index in [0.717, 1.165) is 54.7 Å². The molecule has 3 atom stereocenters. The van der Waals surface area contributed by atoms with Gasteiger partial charge in [-0.15, -0.1) is 13.2 Å². The zero-order valence-corrected chi connectivity index (χ0v) is 27.2. The van der Waals surface area contributed by atoms with Gasteiger partial charge in [-0.1, -0.05) is 12.1 Å². The SMILES string of the molecule is CC1CNCC(CCc2c(F)cncc2NC(=O)CC(c2ccc(F)cc2)c2cc(F)cc(F)c2)N1S(=O)(=O)c1ccc(OC(F)(F)F)cc1. The Bertz CT molecular complexity index is 1910. The highest BCUT2D eigenvalue weighted by molar-refractivity contribution is 7.89. The number of halogens is 7. The van der Waals surface area contributed by atoms with E-state index in [4.69, 9.17) is 0 Å². The number of pyridine rings is 1. The fourth-order valence-electron chi connectivity index (χ4n) is 6.02. The van der Waals surface area contributed by atoms with E-state index < -0.39 is 69.3 Å². The molecule has 0 saturated carbocycles. The largest absolute Gasteiger partial charge is 0.573 e. The van der Waals surface area contributed by atoms with Gasteiger partial charge in [0.25, 0.3) is 0 Å². The Morgan fingerprint density at radius 2 is 1.60 bits per heavy atom. The van der Waals surface area contributed by atoms with Crippen LogP contribution in [0.25, 0.3) is 0 Å². The molecule has 266 valence electrons. The zero-order chi connectivity index (χ0) is 36.2. The lowest BCUT2D eigenvalue weighted by atomic mass is 9.88. The lowest BCUT2D eigenvalue weighted by Gasteiger charge is -2.40. The second-order valence-corrected chi connectivity index (χ2v) is 13.6. The van der Waals surface area contributed by atoms with Gasteiger partial charge in [0, 0.05) is 49.1 Å². The van der Waals surface area contributed by atoms with Crippen molar-refractivity contribution in [3.63, 3.8) is 0 Å². The van der Waals surface area contributed by atoms with Gasteiger partial charge in [-0.3, -0.25) is 9.78 Å². The van der Waals surface area contributed by atoms with Crippen molar-refractivity contribution in [2.75, 3.05) is 18.4 Å². The van der Waals surface area contributed by atoms with Crippen LogP contribution in [0.2, 0.25) is 0 Å². The van der Waals surface area contributed by atoms with Gasteiger partial charge in [0.15, 0.2) is 0 Å². The van der Waals surface area contributed by atoms with E-state index in [1.807, 2.05) is 0 Å². The second kappa shape index (κ2) is 15.1. The van der Waals surface area contributed by atoms with Crippen molar-refractivity contribution in [1.82, 2.24) is 14.6 Å². The van der Waals surface area contributed by atoms with Gasteiger partial charge in [-0.2, -0.15) is 4.31 Å². The average Bonchev–Trinajstić information content (AvgIpc) is 3.03. The van der Waals surface area contributed by atoms with Crippen molar-refractivity contribution >= 4 is 21.6 Å². The highest BCUT2D eigenvalue weighted by Gasteiger charge is 2.38. The number of carbonyl (C=O) groups excluding carboxylic acids is 1. The fraction of sp³-hybridized carbons (Fsp3) is 0.294. The van der Waals surface area contributed by atoms with Crippen LogP contribution in [0.3, 0.4) is 0 Å². The molecule has 1 fully saturated rings. The third kappa shape index (κ3) is 8.97. The number of benzene rings is 3. The number of rotatable bonds is 11. The van der Waals surface area contributed by atoms with Crippen LogP contribution in [0.4, 0.5) is 36.4 Å². The smallest absolute Gasteiger partial charge is 0.406 e. The third-order valence-electron chi connectivity index (χ3n) is 8.20. The maximum atomic E-state index is 15.2. The molecule has 5 rings (SSSR count). The molecule has 0 radical (unpaired) electrons. The number of carbonyl (C=O) groups is 1. The van der Waals surface area contributed by atoms with E-state index >= 15 is 4.39 Å². The van der Waals surface area contributed by atoms with Crippen LogP contribution >= 0.6 is 0 Å². The number of nitrogens with zero attached hydrogens (tertiary/aromatic N) is 2. The number of hydrogen-bond acceptors (Lipinski definition) is 6. The van der Waals surface area contributed by atoms with Crippen LogP contribution in [0.1, 0.15) is 42.4 Å². The summed E-state index contributed by atoms with van der Waals surface area (Å²) in [6.07, 6.45) is -3.17. The molecule has 4 aromatic rings. The summed E-state index contributed by atoms with van der Waals surface area (Å²) in [7, 11) is -4.24. The van der Waals surface area contributed by atoms with Crippen LogP contribution in [0, 0.1) is 23.3 Å². The molecule has 0 spiro atoms. The molecule has 0 aliphatic carbocycles. The van der Waals surface area contributed by atoms with E-state index in [-0.39, 0.29) is 54.1 Å². The molecule has 3 unspecified atom stereocenters. The van der Waals surface area contributed by atoms with Gasteiger partial charge < -0.3 is 15.4 Å². The molecule has 1 saturated heterocycles. The summed E-state index contributed by atoms with van der Waals surface area (Å²) in [5.41, 5.74) is 0.522. The summed E-state index contributed by atoms with van der Waals surface area (Å²) in [4.78, 5) is 16.9. The van der Waals surface area contributed by atoms with Gasteiger partial charge in [0.1, 0.15) is 29.0 Å². The lowest BCUT2D eigenvalue weighted by molar-refractivity contribution is -0.274. The summed E-state index contributed by atoms with van der Waals surface area (Å²) in [5, 5.41) is 5.74. The van der Waals surface area contributed by atoms with Crippen molar-refractivity contribution in [2.45, 2.75) is 55.4 Å². The Kier molecular flexibility index (Phi) is 11.1. The maximum Gasteiger partial charge on any atom is 0.573 e. The Hall–Kier alpha value is -4.54. The van der Waals surface area contributed by atoms with E-state index in [1.54, 1.807) is 6.92 Å². The summed E-state index contributed by atoms with van der Waals surface area (Å²) in [5.74, 6) is -5.26. The first kappa shape index (κ1) is 36.7. The molecular formula is C34H31F7N4O4S. The summed E-state index contributed by atoms with van der Waals surface area (Å²) in [6.45, 7) is 2.11. The standard InChI is InChI=1S/C34H31F7N4O4S/c1-20-16-42-17-26(45(20)50(47,48)28-9-7-27(8-10-28)49-34(39,40)41)6-11-29-31(38)18-43-19-32(29)44-33(46)15-30(21-2-4-23(35)5-3-21)22-12-24(36)14-25(37)13-22/h2-5,7-10,12-14,18-20,26,30,42H,6,11,15-17H2,1H3,(H,44,46). The first-order chi connectivity index (χ1) is 23.6. The van der Waals surface area contributed by atoms with Crippen LogP contribution in [0.5, 0.6) is 5.75 Å². The summed E-state index contributed by atoms with van der Waals surface area (Å²) in [6, 6.07) is 10.4. The number of amides is 1. The second-order valence-electron chi connectivity index (χ2n) is 11.8. The molecule has 1 aliphatic heterocycles. The van der Waals surface area contributed by atoms with Gasteiger partial charge in [-0.05, 0) is 79.4 Å². The zero-order valence-electron chi connectivity index (χ0n) is 26.4. The summed E-state index contributed by atoms with van der Waals surface area (Å²) >= 11 is 0. The lowest BCUT2D eigenvalue weighted by Crippen LogP contribution is -2.58. The van der Waals surface area contributed by atoms with Crippen molar-refractivity contribution in [3.8, 4) is 5.75 Å². The van der Waals surface area contributed by atoms with Gasteiger partial charge in [0.05, 0.1) is 23.0 Å². The molecule has 50 heavy (non-hydrogen) atoms. The molecular weight excluding hydrogens is 693 g/mol. The van der Waals surface area contributed by atoms with Gasteiger partial charge in [-0.25, -0.2) is 26.0 Å². The number of nitrogens with one attached hydrogen (secondary N) is 2. The molecule has 0 bridgehead atoms. The first-order valence-corrected chi connectivity index (χ1v) is 16.8. The van der Waals surface area contributed by atoms with Crippen molar-refractivity contribution < 1.29 is 48.7 Å². The Labute approximate surface area is 283 Å². The number of piperazine rings is 1. The topological polar surface area (TPSA) is 101 Å². The molecule has 3 aromatic carbocycles. The van der Waals surface area contributed by atoms with Crippen molar-refractivity contribution in [1.29, 1.82) is 0 Å². The number of ether oxygens (including phenoxy) is 1. The maximum absolute atomic E-state index is 15.2. The van der Waals surface area contributed by atoms with E-state index in [9.17, 15) is 39.6 Å². The monoisotopic (exact) mass is 724 g/mol. The number of aromatic nitrogens is 1. The molecule has 8 nitrogen and oxygen atoms in total. The molecule has 2 heterocycles. The van der Waals surface area contributed by atoms with Gasteiger partial charge >= 0.3 is 6.36 Å². The minimum Gasteiger partial charge on any atom is -0.406 e. The Balaban J connectivity index is 1.35. The highest BCUT2D eigenvalue weighted by Crippen LogP contribution is 2.32. The van der Waals surface area contributed by atoms with Gasteiger partial charge in [0.2, 0.25) is 15.9 Å². The predicted octanol–water partition coefficient (Wildman–Crippen LogP) is 6.68. The Morgan fingerprint density at radius 1 is 0.940 bits per heavy atom. The number of sulfonamides is 1. The normalized spacial score (nSPS) is 17.7. The first-order valence-electron chi connectivity index (χ1n) is 15.3. The molecule has 16 heteroatoms. The molecule has 1 aliphatic rings. The fourth-order valence-corrected chi connectivity index (χ4v) is 7.86. The predicted molar refractivity (Wildman–Crippen MR) is 169 cm³/mol. The Morgan fingerprint density at radius 3 is 2.24 bits per heavy atom. The van der Waals surface area contributed by atoms with Crippen molar-refractivity contribution in [3.05, 3.63) is 119 Å². The van der Waals surface area contributed by atoms with Crippen LogP contribution < -0.4 is 15.4 Å². The van der Waals surface area contributed by atoms with E-state index in [2.05, 4.69) is 20.4 Å². The van der Waals surface area contributed by atoms with Crippen LogP contribution in [-0.2, 0) is 21.2 Å². The number of alkyl halides is 3. The van der Waals surface area contributed by atoms with Crippen molar-refractivity contribution in [2.24, 2.45) is 0 Å². The third-order valence-corrected chi connectivity index (χ3v) is 10.3. The van der Waals surface area contributed by atoms with Crippen LogP contribution in [-0.4, -0.2) is 55.1 Å². The number of anilines is 1. The molecule has 1 amide bonds. The summed E-state index contributed by atoms with van der Waals surface area (Å²) < 4.78 is 128. The number of hydrogen-bond donors (Lipinski definition) is 2. The van der Waals surface area contributed by atoms with E-state index in [0.29, 0.717) is 11.6 Å². The highest BCUT2D eigenvalue weighted by atomic mass is 32.2. The average molecular weight is 725 g/mol.